The molecule has 0 radical (unpaired) electrons. The molecule has 0 unspecified atom stereocenters. The van der Waals surface area contributed by atoms with E-state index in [-0.39, 0.29) is 18.4 Å². The average molecular weight is 557 g/mol. The van der Waals surface area contributed by atoms with Crippen molar-refractivity contribution >= 4 is 46.1 Å². The fraction of sp³-hybridized carbons (Fsp3) is 0.258. The van der Waals surface area contributed by atoms with E-state index in [1.807, 2.05) is 55.5 Å². The van der Waals surface area contributed by atoms with Gasteiger partial charge in [-0.05, 0) is 67.8 Å². The third kappa shape index (κ3) is 5.02. The number of nitrogens with one attached hydrogen (secondary N) is 3. The number of likely N-dealkylation sites (tertiary alicyclic amines) is 1. The van der Waals surface area contributed by atoms with Crippen LogP contribution < -0.4 is 10.6 Å². The van der Waals surface area contributed by atoms with Crippen molar-refractivity contribution in [3.63, 3.8) is 0 Å². The van der Waals surface area contributed by atoms with Gasteiger partial charge in [-0.15, -0.1) is 0 Å². The number of amides is 3. The molecule has 0 bridgehead atoms. The zero-order valence-electron chi connectivity index (χ0n) is 22.0. The van der Waals surface area contributed by atoms with E-state index in [1.54, 1.807) is 29.2 Å². The van der Waals surface area contributed by atoms with Crippen molar-refractivity contribution < 1.29 is 19.1 Å². The minimum absolute atomic E-state index is 0.169. The molecule has 1 spiro atoms. The number of anilines is 1. The van der Waals surface area contributed by atoms with Gasteiger partial charge in [-0.2, -0.15) is 0 Å². The first-order valence-electron chi connectivity index (χ1n) is 13.3. The lowest BCUT2D eigenvalue weighted by Crippen LogP contribution is -2.57. The Labute approximate surface area is 236 Å². The number of halogens is 1. The minimum atomic E-state index is -1.02. The van der Waals surface area contributed by atoms with Gasteiger partial charge in [0.05, 0.1) is 12.2 Å². The Morgan fingerprint density at radius 2 is 1.93 bits per heavy atom. The monoisotopic (exact) mass is 556 g/mol. The molecule has 1 fully saturated rings. The molecule has 3 amide bonds. The molecule has 1 aromatic heterocycles. The van der Waals surface area contributed by atoms with Gasteiger partial charge in [0.15, 0.2) is 5.60 Å². The summed E-state index contributed by atoms with van der Waals surface area (Å²) in [6.07, 6.45) is 0.947. The Kier molecular flexibility index (Phi) is 6.72. The van der Waals surface area contributed by atoms with E-state index in [0.29, 0.717) is 42.1 Å². The summed E-state index contributed by atoms with van der Waals surface area (Å²) in [5.41, 5.74) is 3.70. The Hall–Kier alpha value is -4.30. The van der Waals surface area contributed by atoms with Crippen LogP contribution in [0.25, 0.3) is 10.9 Å². The number of hydrogen-bond acceptors (Lipinski definition) is 4. The van der Waals surface area contributed by atoms with Crippen molar-refractivity contribution in [2.45, 2.75) is 37.8 Å². The lowest BCUT2D eigenvalue weighted by molar-refractivity contribution is -0.141. The summed E-state index contributed by atoms with van der Waals surface area (Å²) in [5.74, 6) is -0.555. The van der Waals surface area contributed by atoms with Crippen LogP contribution in [0, 0.1) is 6.92 Å². The van der Waals surface area contributed by atoms with Crippen LogP contribution in [-0.2, 0) is 21.6 Å². The molecule has 8 nitrogen and oxygen atoms in total. The molecule has 1 saturated heterocycles. The van der Waals surface area contributed by atoms with Gasteiger partial charge in [0, 0.05) is 45.7 Å². The van der Waals surface area contributed by atoms with Gasteiger partial charge in [0.25, 0.3) is 5.91 Å². The highest BCUT2D eigenvalue weighted by Crippen LogP contribution is 2.43. The summed E-state index contributed by atoms with van der Waals surface area (Å²) in [7, 11) is 0. The van der Waals surface area contributed by atoms with E-state index < -0.39 is 17.7 Å². The summed E-state index contributed by atoms with van der Waals surface area (Å²) in [5, 5.41) is 7.18. The quantitative estimate of drug-likeness (QED) is 0.300. The predicted molar refractivity (Wildman–Crippen MR) is 153 cm³/mol. The van der Waals surface area contributed by atoms with Gasteiger partial charge in [0.2, 0.25) is 5.91 Å². The number of aryl methyl sites for hydroxylation is 1. The second-order valence-electron chi connectivity index (χ2n) is 10.5. The van der Waals surface area contributed by atoms with Gasteiger partial charge in [-0.25, -0.2) is 4.79 Å². The van der Waals surface area contributed by atoms with E-state index in [1.165, 1.54) is 0 Å². The lowest BCUT2D eigenvalue weighted by Gasteiger charge is -2.45. The molecular weight excluding hydrogens is 528 g/mol. The smallest absolute Gasteiger partial charge is 0.412 e. The van der Waals surface area contributed by atoms with E-state index >= 15 is 0 Å². The number of fused-ring (bicyclic) bond motifs is 3. The van der Waals surface area contributed by atoms with Gasteiger partial charge in [0.1, 0.15) is 6.04 Å². The SMILES string of the molecule is Cc1cc2cc(C(=O)N[C@@H](Cc3ccccc3)C(=O)N3CCC[C@@]4(C3)OC(=O)Nc3ccc(Cl)cc34)ccc2[nH]1. The van der Waals surface area contributed by atoms with Crippen LogP contribution in [0.5, 0.6) is 0 Å². The maximum Gasteiger partial charge on any atom is 0.412 e. The largest absolute Gasteiger partial charge is 0.436 e. The van der Waals surface area contributed by atoms with Crippen LogP contribution in [0.4, 0.5) is 10.5 Å². The first kappa shape index (κ1) is 26.0. The Balaban J connectivity index is 1.29. The van der Waals surface area contributed by atoms with Crippen molar-refractivity contribution in [2.24, 2.45) is 0 Å². The Morgan fingerprint density at radius 3 is 2.75 bits per heavy atom. The molecule has 204 valence electrons. The van der Waals surface area contributed by atoms with Crippen LogP contribution in [0.15, 0.2) is 72.8 Å². The fourth-order valence-corrected chi connectivity index (χ4v) is 5.99. The summed E-state index contributed by atoms with van der Waals surface area (Å²) in [6, 6.07) is 21.5. The molecule has 40 heavy (non-hydrogen) atoms. The molecular formula is C31H29ClN4O4. The normalized spacial score (nSPS) is 19.1. The number of aromatic amines is 1. The molecule has 0 saturated carbocycles. The Morgan fingerprint density at radius 1 is 1.10 bits per heavy atom. The van der Waals surface area contributed by atoms with Crippen molar-refractivity contribution in [1.29, 1.82) is 0 Å². The van der Waals surface area contributed by atoms with Crippen molar-refractivity contribution in [3.05, 3.63) is 100 Å². The van der Waals surface area contributed by atoms with Gasteiger partial charge in [-0.3, -0.25) is 14.9 Å². The maximum atomic E-state index is 14.1. The van der Waals surface area contributed by atoms with Crippen LogP contribution in [-0.4, -0.2) is 46.9 Å². The van der Waals surface area contributed by atoms with E-state index in [0.717, 1.165) is 27.7 Å². The van der Waals surface area contributed by atoms with Crippen LogP contribution in [0.3, 0.4) is 0 Å². The zero-order chi connectivity index (χ0) is 27.9. The molecule has 2 atom stereocenters. The molecule has 9 heteroatoms. The third-order valence-electron chi connectivity index (χ3n) is 7.67. The number of ether oxygens (including phenoxy) is 1. The number of piperidine rings is 1. The summed E-state index contributed by atoms with van der Waals surface area (Å²) in [6.45, 7) is 2.62. The fourth-order valence-electron chi connectivity index (χ4n) is 5.81. The van der Waals surface area contributed by atoms with E-state index in [2.05, 4.69) is 15.6 Å². The standard InChI is InChI=1S/C31H29ClN4O4/c1-19-14-22-16-21(8-10-25(22)33-19)28(37)34-27(15-20-6-3-2-4-7-20)29(38)36-13-5-12-31(18-36)24-17-23(32)9-11-26(24)35-30(39)40-31/h2-4,6-11,14,16-17,27,33H,5,12-13,15,18H2,1H3,(H,34,37)(H,35,39)/t27-,31-/m0/s1. The van der Waals surface area contributed by atoms with E-state index in [9.17, 15) is 14.4 Å². The third-order valence-corrected chi connectivity index (χ3v) is 7.90. The molecule has 3 heterocycles. The number of carbonyl (C=O) groups excluding carboxylic acids is 3. The molecule has 2 aliphatic rings. The summed E-state index contributed by atoms with van der Waals surface area (Å²) < 4.78 is 5.88. The number of aromatic nitrogens is 1. The molecule has 2 aliphatic heterocycles. The van der Waals surface area contributed by atoms with Gasteiger partial charge < -0.3 is 19.9 Å². The number of benzene rings is 3. The highest BCUT2D eigenvalue weighted by Gasteiger charge is 2.47. The average Bonchev–Trinajstić information content (AvgIpc) is 3.32. The highest BCUT2D eigenvalue weighted by molar-refractivity contribution is 6.30. The number of carbonyl (C=O) groups is 3. The number of rotatable bonds is 5. The van der Waals surface area contributed by atoms with E-state index in [4.69, 9.17) is 16.3 Å². The second kappa shape index (κ2) is 10.4. The first-order valence-corrected chi connectivity index (χ1v) is 13.7. The predicted octanol–water partition coefficient (Wildman–Crippen LogP) is 5.55. The summed E-state index contributed by atoms with van der Waals surface area (Å²) >= 11 is 6.31. The van der Waals surface area contributed by atoms with Crippen molar-refractivity contribution in [1.82, 2.24) is 15.2 Å². The zero-order valence-corrected chi connectivity index (χ0v) is 22.8. The first-order chi connectivity index (χ1) is 19.3. The van der Waals surface area contributed by atoms with Gasteiger partial charge >= 0.3 is 6.09 Å². The summed E-state index contributed by atoms with van der Waals surface area (Å²) in [4.78, 5) is 45.0. The maximum absolute atomic E-state index is 14.1. The lowest BCUT2D eigenvalue weighted by atomic mass is 9.83. The molecule has 6 rings (SSSR count). The van der Waals surface area contributed by atoms with Gasteiger partial charge in [-0.1, -0.05) is 41.9 Å². The second-order valence-corrected chi connectivity index (χ2v) is 11.0. The number of hydrogen-bond donors (Lipinski definition) is 3. The Bertz CT molecular complexity index is 1620. The molecule has 3 aromatic carbocycles. The molecule has 4 aromatic rings. The highest BCUT2D eigenvalue weighted by atomic mass is 35.5. The topological polar surface area (TPSA) is 104 Å². The molecule has 0 aliphatic carbocycles. The minimum Gasteiger partial charge on any atom is -0.436 e. The van der Waals surface area contributed by atoms with Crippen molar-refractivity contribution in [2.75, 3.05) is 18.4 Å². The van der Waals surface area contributed by atoms with Crippen LogP contribution in [0.1, 0.15) is 40.0 Å². The van der Waals surface area contributed by atoms with Crippen LogP contribution >= 0.6 is 11.6 Å². The number of nitrogens with zero attached hydrogens (tertiary/aromatic N) is 1. The number of H-pyrrole nitrogens is 1. The van der Waals surface area contributed by atoms with Crippen LogP contribution in [0.2, 0.25) is 5.02 Å². The van der Waals surface area contributed by atoms with Crippen molar-refractivity contribution in [3.8, 4) is 0 Å². The molecule has 3 N–H and O–H groups in total.